The van der Waals surface area contributed by atoms with Crippen LogP contribution in [-0.4, -0.2) is 15.9 Å². The lowest BCUT2D eigenvalue weighted by Crippen LogP contribution is -2.13. The molecule has 1 amide bonds. The minimum Gasteiger partial charge on any atom is -0.320 e. The Bertz CT molecular complexity index is 1110. The third-order valence-electron chi connectivity index (χ3n) is 3.95. The van der Waals surface area contributed by atoms with E-state index in [1.165, 1.54) is 11.3 Å². The zero-order valence-electron chi connectivity index (χ0n) is 13.9. The van der Waals surface area contributed by atoms with Crippen molar-refractivity contribution in [2.24, 2.45) is 0 Å². The van der Waals surface area contributed by atoms with Crippen LogP contribution in [0.4, 0.5) is 5.69 Å². The largest absolute Gasteiger partial charge is 0.320 e. The van der Waals surface area contributed by atoms with E-state index in [-0.39, 0.29) is 5.91 Å². The fourth-order valence-electron chi connectivity index (χ4n) is 2.79. The third-order valence-corrected chi connectivity index (χ3v) is 5.61. The first-order valence-electron chi connectivity index (χ1n) is 8.01. The van der Waals surface area contributed by atoms with Gasteiger partial charge in [0.1, 0.15) is 5.69 Å². The van der Waals surface area contributed by atoms with Crippen LogP contribution in [0.5, 0.6) is 0 Å². The first-order valence-corrected chi connectivity index (χ1v) is 9.62. The Morgan fingerprint density at radius 1 is 1.08 bits per heavy atom. The van der Waals surface area contributed by atoms with Crippen LogP contribution in [0.2, 0.25) is 0 Å². The molecule has 4 nitrogen and oxygen atoms in total. The molecule has 128 valence electrons. The number of aryl methyl sites for hydroxylation is 1. The van der Waals surface area contributed by atoms with Gasteiger partial charge in [0.15, 0.2) is 0 Å². The van der Waals surface area contributed by atoms with Gasteiger partial charge >= 0.3 is 0 Å². The maximum Gasteiger partial charge on any atom is 0.275 e. The molecule has 26 heavy (non-hydrogen) atoms. The fraction of sp³-hybridized carbons (Fsp3) is 0.0500. The highest BCUT2D eigenvalue weighted by molar-refractivity contribution is 9.10. The Hall–Kier alpha value is -2.57. The number of rotatable bonds is 3. The first-order chi connectivity index (χ1) is 12.6. The molecule has 2 aromatic carbocycles. The zero-order chi connectivity index (χ0) is 18.1. The SMILES string of the molecule is Cc1nc(C(=O)Nc2ccc(Br)c3ncccc23)c(-c2ccccc2)s1. The number of hydrogen-bond donors (Lipinski definition) is 1. The monoisotopic (exact) mass is 423 g/mol. The van der Waals surface area contributed by atoms with E-state index in [0.29, 0.717) is 11.4 Å². The molecule has 0 atom stereocenters. The number of nitrogens with zero attached hydrogens (tertiary/aromatic N) is 2. The van der Waals surface area contributed by atoms with E-state index >= 15 is 0 Å². The van der Waals surface area contributed by atoms with Crippen LogP contribution >= 0.6 is 27.3 Å². The summed E-state index contributed by atoms with van der Waals surface area (Å²) in [6.45, 7) is 1.91. The van der Waals surface area contributed by atoms with Gasteiger partial charge in [0.25, 0.3) is 5.91 Å². The zero-order valence-corrected chi connectivity index (χ0v) is 16.3. The number of carbonyl (C=O) groups excluding carboxylic acids is 1. The van der Waals surface area contributed by atoms with Crippen molar-refractivity contribution in [2.45, 2.75) is 6.92 Å². The summed E-state index contributed by atoms with van der Waals surface area (Å²) in [6.07, 6.45) is 1.73. The van der Waals surface area contributed by atoms with Crippen molar-refractivity contribution in [3.63, 3.8) is 0 Å². The highest BCUT2D eigenvalue weighted by Crippen LogP contribution is 2.32. The second kappa shape index (κ2) is 6.97. The average molecular weight is 424 g/mol. The van der Waals surface area contributed by atoms with Crippen LogP contribution in [0.15, 0.2) is 65.3 Å². The molecule has 1 N–H and O–H groups in total. The standard InChI is InChI=1S/C20H14BrN3OS/c1-12-23-18(19(26-12)13-6-3-2-4-7-13)20(25)24-16-10-9-15(21)17-14(16)8-5-11-22-17/h2-11H,1H3,(H,24,25). The van der Waals surface area contributed by atoms with Crippen molar-refractivity contribution in [3.8, 4) is 10.4 Å². The average Bonchev–Trinajstić information content (AvgIpc) is 3.07. The lowest BCUT2D eigenvalue weighted by molar-refractivity contribution is 0.102. The number of anilines is 1. The maximum atomic E-state index is 13.0. The van der Waals surface area contributed by atoms with E-state index in [4.69, 9.17) is 0 Å². The maximum absolute atomic E-state index is 13.0. The number of pyridine rings is 1. The van der Waals surface area contributed by atoms with Crippen LogP contribution in [0.3, 0.4) is 0 Å². The molecule has 0 unspecified atom stereocenters. The van der Waals surface area contributed by atoms with Gasteiger partial charge in [-0.1, -0.05) is 30.3 Å². The summed E-state index contributed by atoms with van der Waals surface area (Å²) in [7, 11) is 0. The lowest BCUT2D eigenvalue weighted by Gasteiger charge is -2.09. The van der Waals surface area contributed by atoms with Crippen LogP contribution < -0.4 is 5.32 Å². The molecule has 0 radical (unpaired) electrons. The minimum absolute atomic E-state index is 0.222. The van der Waals surface area contributed by atoms with E-state index in [0.717, 1.165) is 30.8 Å². The molecule has 0 aliphatic heterocycles. The van der Waals surface area contributed by atoms with Crippen LogP contribution in [0, 0.1) is 6.92 Å². The van der Waals surface area contributed by atoms with E-state index in [9.17, 15) is 4.79 Å². The van der Waals surface area contributed by atoms with Gasteiger partial charge < -0.3 is 5.32 Å². The number of carbonyl (C=O) groups is 1. The van der Waals surface area contributed by atoms with E-state index in [2.05, 4.69) is 31.2 Å². The summed E-state index contributed by atoms with van der Waals surface area (Å²) in [4.78, 5) is 22.7. The second-order valence-electron chi connectivity index (χ2n) is 5.73. The van der Waals surface area contributed by atoms with Crippen LogP contribution in [-0.2, 0) is 0 Å². The Morgan fingerprint density at radius 2 is 1.88 bits per heavy atom. The third kappa shape index (κ3) is 3.13. The summed E-state index contributed by atoms with van der Waals surface area (Å²) < 4.78 is 0.889. The molecule has 6 heteroatoms. The molecule has 4 rings (SSSR count). The van der Waals surface area contributed by atoms with E-state index in [1.807, 2.05) is 61.5 Å². The number of thiazole rings is 1. The number of fused-ring (bicyclic) bond motifs is 1. The van der Waals surface area contributed by atoms with Crippen molar-refractivity contribution < 1.29 is 4.79 Å². The van der Waals surface area contributed by atoms with Gasteiger partial charge in [0.2, 0.25) is 0 Å². The van der Waals surface area contributed by atoms with Gasteiger partial charge in [-0.15, -0.1) is 11.3 Å². The van der Waals surface area contributed by atoms with Gasteiger partial charge in [-0.2, -0.15) is 0 Å². The Labute approximate surface area is 163 Å². The van der Waals surface area contributed by atoms with Crippen molar-refractivity contribution in [2.75, 3.05) is 5.32 Å². The molecule has 0 saturated carbocycles. The molecular formula is C20H14BrN3OS. The summed E-state index contributed by atoms with van der Waals surface area (Å²) in [5.41, 5.74) is 2.96. The summed E-state index contributed by atoms with van der Waals surface area (Å²) in [5.74, 6) is -0.222. The topological polar surface area (TPSA) is 54.9 Å². The van der Waals surface area contributed by atoms with Crippen molar-refractivity contribution in [1.82, 2.24) is 9.97 Å². The molecule has 2 heterocycles. The first kappa shape index (κ1) is 16.9. The second-order valence-corrected chi connectivity index (χ2v) is 7.78. The Balaban J connectivity index is 1.74. The highest BCUT2D eigenvalue weighted by atomic mass is 79.9. The lowest BCUT2D eigenvalue weighted by atomic mass is 10.1. The number of benzene rings is 2. The number of halogens is 1. The van der Waals surface area contributed by atoms with Crippen molar-refractivity contribution >= 4 is 49.8 Å². The summed E-state index contributed by atoms with van der Waals surface area (Å²) in [6, 6.07) is 17.4. The smallest absolute Gasteiger partial charge is 0.275 e. The highest BCUT2D eigenvalue weighted by Gasteiger charge is 2.19. The molecule has 4 aromatic rings. The molecule has 0 aliphatic carbocycles. The van der Waals surface area contributed by atoms with E-state index < -0.39 is 0 Å². The minimum atomic E-state index is -0.222. The molecule has 2 aromatic heterocycles. The number of amides is 1. The molecular weight excluding hydrogens is 410 g/mol. The number of aromatic nitrogens is 2. The summed E-state index contributed by atoms with van der Waals surface area (Å²) >= 11 is 5.02. The normalized spacial score (nSPS) is 10.8. The molecule has 0 fully saturated rings. The van der Waals surface area contributed by atoms with E-state index in [1.54, 1.807) is 6.20 Å². The molecule has 0 aliphatic rings. The fourth-order valence-corrected chi connectivity index (χ4v) is 4.16. The van der Waals surface area contributed by atoms with Crippen molar-refractivity contribution in [1.29, 1.82) is 0 Å². The molecule has 0 saturated heterocycles. The predicted molar refractivity (Wildman–Crippen MR) is 110 cm³/mol. The number of hydrogen-bond acceptors (Lipinski definition) is 4. The van der Waals surface area contributed by atoms with Gasteiger partial charge in [-0.3, -0.25) is 9.78 Å². The van der Waals surface area contributed by atoms with Gasteiger partial charge in [-0.25, -0.2) is 4.98 Å². The van der Waals surface area contributed by atoms with Gasteiger partial charge in [0.05, 0.1) is 21.1 Å². The van der Waals surface area contributed by atoms with Gasteiger partial charge in [-0.05, 0) is 52.7 Å². The Kier molecular flexibility index (Phi) is 4.53. The Morgan fingerprint density at radius 3 is 2.69 bits per heavy atom. The number of nitrogens with one attached hydrogen (secondary N) is 1. The molecule has 0 bridgehead atoms. The predicted octanol–water partition coefficient (Wildman–Crippen LogP) is 5.68. The van der Waals surface area contributed by atoms with Crippen molar-refractivity contribution in [3.05, 3.63) is 76.0 Å². The summed E-state index contributed by atoms with van der Waals surface area (Å²) in [5, 5.41) is 4.73. The molecule has 0 spiro atoms. The van der Waals surface area contributed by atoms with Crippen LogP contribution in [0.25, 0.3) is 21.3 Å². The van der Waals surface area contributed by atoms with Crippen LogP contribution in [0.1, 0.15) is 15.5 Å². The van der Waals surface area contributed by atoms with Gasteiger partial charge in [0, 0.05) is 16.1 Å². The quantitative estimate of drug-likeness (QED) is 0.460.